The molecular weight excluding hydrogens is 440 g/mol. The van der Waals surface area contributed by atoms with Crippen LogP contribution in [0.25, 0.3) is 0 Å². The molecule has 0 saturated carbocycles. The van der Waals surface area contributed by atoms with E-state index in [1.54, 1.807) is 30.7 Å². The number of methoxy groups -OCH3 is 2. The third kappa shape index (κ3) is 5.22. The Morgan fingerprint density at radius 2 is 1.91 bits per heavy atom. The molecule has 34 heavy (non-hydrogen) atoms. The summed E-state index contributed by atoms with van der Waals surface area (Å²) in [5, 5.41) is 2.93. The molecule has 184 valence electrons. The number of nitrogens with one attached hydrogen (secondary N) is 1. The fraction of sp³-hybridized carbons (Fsp3) is 0.500. The summed E-state index contributed by atoms with van der Waals surface area (Å²) in [6, 6.07) is 7.25. The molecule has 1 N–H and O–H groups in total. The van der Waals surface area contributed by atoms with E-state index in [0.717, 1.165) is 5.56 Å². The lowest BCUT2D eigenvalue weighted by molar-refractivity contribution is -0.133. The van der Waals surface area contributed by atoms with Crippen LogP contribution in [0.1, 0.15) is 53.7 Å². The van der Waals surface area contributed by atoms with E-state index < -0.39 is 17.4 Å². The molecule has 10 nitrogen and oxygen atoms in total. The van der Waals surface area contributed by atoms with Gasteiger partial charge in [-0.15, -0.1) is 0 Å². The van der Waals surface area contributed by atoms with Crippen LogP contribution in [0.4, 0.5) is 0 Å². The van der Waals surface area contributed by atoms with Crippen molar-refractivity contribution >= 4 is 17.8 Å². The molecule has 2 aromatic rings. The zero-order valence-electron chi connectivity index (χ0n) is 20.3. The number of benzene rings is 1. The Morgan fingerprint density at radius 1 is 1.21 bits per heavy atom. The number of nitrogens with zero attached hydrogens (tertiary/aromatic N) is 3. The molecule has 2 amide bonds. The molecule has 10 heteroatoms. The number of hydrogen-bond acceptors (Lipinski definition) is 7. The number of ether oxygens (including phenoxy) is 3. The van der Waals surface area contributed by atoms with Crippen molar-refractivity contribution in [2.75, 3.05) is 27.4 Å². The van der Waals surface area contributed by atoms with E-state index in [0.29, 0.717) is 25.3 Å². The van der Waals surface area contributed by atoms with Crippen LogP contribution in [0.2, 0.25) is 0 Å². The van der Waals surface area contributed by atoms with Crippen molar-refractivity contribution in [3.63, 3.8) is 0 Å². The first-order valence-electron chi connectivity index (χ1n) is 11.2. The molecule has 3 rings (SSSR count). The summed E-state index contributed by atoms with van der Waals surface area (Å²) in [5.74, 6) is -0.785. The topological polar surface area (TPSA) is 112 Å². The number of carbonyl (C=O) groups is 3. The van der Waals surface area contributed by atoms with Gasteiger partial charge in [0.25, 0.3) is 5.91 Å². The summed E-state index contributed by atoms with van der Waals surface area (Å²) >= 11 is 0. The standard InChI is InChI=1S/C24H32N4O6/c1-16(2)34-12-6-11-25-23(31)24(3)14-27-15-26-19(22(30)33-5)20(27)21(29)28(24)13-17-7-9-18(32-4)10-8-17/h7-10,15-16H,6,11-14H2,1-5H3,(H,25,31)/t24-/m0/s1. The molecule has 0 unspecified atom stereocenters. The second-order valence-corrected chi connectivity index (χ2v) is 8.60. The molecule has 0 aliphatic carbocycles. The van der Waals surface area contributed by atoms with Gasteiger partial charge in [-0.25, -0.2) is 9.78 Å². The average molecular weight is 473 g/mol. The lowest BCUT2D eigenvalue weighted by atomic mass is 9.93. The molecular formula is C24H32N4O6. The van der Waals surface area contributed by atoms with E-state index in [1.807, 2.05) is 26.0 Å². The predicted octanol–water partition coefficient (Wildman–Crippen LogP) is 2.02. The first-order chi connectivity index (χ1) is 16.2. The maximum absolute atomic E-state index is 13.7. The van der Waals surface area contributed by atoms with E-state index in [9.17, 15) is 14.4 Å². The van der Waals surface area contributed by atoms with Crippen molar-refractivity contribution < 1.29 is 28.6 Å². The van der Waals surface area contributed by atoms with Crippen molar-refractivity contribution in [1.29, 1.82) is 0 Å². The first kappa shape index (κ1) is 25.2. The third-order valence-corrected chi connectivity index (χ3v) is 5.78. The minimum atomic E-state index is -1.21. The maximum Gasteiger partial charge on any atom is 0.359 e. The van der Waals surface area contributed by atoms with Gasteiger partial charge in [0, 0.05) is 19.7 Å². The van der Waals surface area contributed by atoms with Gasteiger partial charge in [-0.1, -0.05) is 12.1 Å². The molecule has 0 spiro atoms. The van der Waals surface area contributed by atoms with Crippen molar-refractivity contribution in [2.24, 2.45) is 0 Å². The number of aromatic nitrogens is 2. The number of hydrogen-bond donors (Lipinski definition) is 1. The molecule has 1 aromatic carbocycles. The van der Waals surface area contributed by atoms with Crippen molar-refractivity contribution in [2.45, 2.75) is 51.9 Å². The molecule has 1 aliphatic heterocycles. The molecule has 2 heterocycles. The zero-order chi connectivity index (χ0) is 24.9. The highest BCUT2D eigenvalue weighted by Crippen LogP contribution is 2.31. The van der Waals surface area contributed by atoms with Gasteiger partial charge in [0.1, 0.15) is 17.0 Å². The quantitative estimate of drug-likeness (QED) is 0.416. The van der Waals surface area contributed by atoms with E-state index in [2.05, 4.69) is 10.3 Å². The fourth-order valence-electron chi connectivity index (χ4n) is 3.88. The Kier molecular flexibility index (Phi) is 7.93. The van der Waals surface area contributed by atoms with Crippen molar-refractivity contribution in [1.82, 2.24) is 19.8 Å². The van der Waals surface area contributed by atoms with E-state index in [4.69, 9.17) is 14.2 Å². The number of amides is 2. The van der Waals surface area contributed by atoms with Gasteiger partial charge in [0.2, 0.25) is 5.91 Å². The molecule has 0 bridgehead atoms. The van der Waals surface area contributed by atoms with Crippen LogP contribution >= 0.6 is 0 Å². The molecule has 1 atom stereocenters. The van der Waals surface area contributed by atoms with Crippen molar-refractivity contribution in [3.8, 4) is 5.75 Å². The lowest BCUT2D eigenvalue weighted by Gasteiger charge is -2.43. The first-order valence-corrected chi connectivity index (χ1v) is 11.2. The zero-order valence-corrected chi connectivity index (χ0v) is 20.3. The summed E-state index contributed by atoms with van der Waals surface area (Å²) in [4.78, 5) is 44.8. The summed E-state index contributed by atoms with van der Waals surface area (Å²) < 4.78 is 17.1. The summed E-state index contributed by atoms with van der Waals surface area (Å²) in [7, 11) is 2.81. The van der Waals surface area contributed by atoms with E-state index >= 15 is 0 Å². The molecule has 0 saturated heterocycles. The smallest absolute Gasteiger partial charge is 0.359 e. The van der Waals surface area contributed by atoms with Crippen LogP contribution in [0.5, 0.6) is 5.75 Å². The van der Waals surface area contributed by atoms with Crippen LogP contribution in [-0.4, -0.2) is 71.2 Å². The minimum Gasteiger partial charge on any atom is -0.497 e. The average Bonchev–Trinajstić information content (AvgIpc) is 3.24. The molecule has 0 radical (unpaired) electrons. The summed E-state index contributed by atoms with van der Waals surface area (Å²) in [6.07, 6.45) is 2.16. The highest BCUT2D eigenvalue weighted by molar-refractivity contribution is 6.06. The highest BCUT2D eigenvalue weighted by Gasteiger charge is 2.48. The predicted molar refractivity (Wildman–Crippen MR) is 124 cm³/mol. The van der Waals surface area contributed by atoms with E-state index in [-0.39, 0.29) is 36.5 Å². The Bertz CT molecular complexity index is 1030. The molecule has 1 aromatic heterocycles. The van der Waals surface area contributed by atoms with Gasteiger partial charge in [-0.2, -0.15) is 0 Å². The van der Waals surface area contributed by atoms with Crippen LogP contribution in [0.15, 0.2) is 30.6 Å². The number of imidazole rings is 1. The van der Waals surface area contributed by atoms with Crippen LogP contribution < -0.4 is 10.1 Å². The number of carbonyl (C=O) groups excluding carboxylic acids is 3. The lowest BCUT2D eigenvalue weighted by Crippen LogP contribution is -2.63. The normalized spacial score (nSPS) is 17.5. The Hall–Kier alpha value is -3.40. The minimum absolute atomic E-state index is 0.0690. The van der Waals surface area contributed by atoms with Gasteiger partial charge in [-0.05, 0) is 44.9 Å². The van der Waals surface area contributed by atoms with Gasteiger partial charge < -0.3 is 29.0 Å². The monoisotopic (exact) mass is 472 g/mol. The van der Waals surface area contributed by atoms with Crippen LogP contribution in [0, 0.1) is 0 Å². The van der Waals surface area contributed by atoms with E-state index in [1.165, 1.54) is 18.3 Å². The van der Waals surface area contributed by atoms with Crippen LogP contribution in [-0.2, 0) is 27.4 Å². The SMILES string of the molecule is COC(=O)c1ncn2c1C(=O)N(Cc1ccc(OC)cc1)[C@](C)(C(=O)NCCCOC(C)C)C2. The molecule has 1 aliphatic rings. The number of esters is 1. The highest BCUT2D eigenvalue weighted by atomic mass is 16.5. The second kappa shape index (κ2) is 10.7. The van der Waals surface area contributed by atoms with Crippen molar-refractivity contribution in [3.05, 3.63) is 47.5 Å². The largest absolute Gasteiger partial charge is 0.497 e. The summed E-state index contributed by atoms with van der Waals surface area (Å²) in [6.45, 7) is 6.87. The van der Waals surface area contributed by atoms with Gasteiger partial charge in [0.15, 0.2) is 5.69 Å². The van der Waals surface area contributed by atoms with Gasteiger partial charge >= 0.3 is 5.97 Å². The molecule has 0 fully saturated rings. The Labute approximate surface area is 199 Å². The number of rotatable bonds is 10. The fourth-order valence-corrected chi connectivity index (χ4v) is 3.88. The second-order valence-electron chi connectivity index (χ2n) is 8.60. The van der Waals surface area contributed by atoms with Crippen LogP contribution in [0.3, 0.4) is 0 Å². The maximum atomic E-state index is 13.7. The van der Waals surface area contributed by atoms with Gasteiger partial charge in [-0.3, -0.25) is 9.59 Å². The Balaban J connectivity index is 1.89. The third-order valence-electron chi connectivity index (χ3n) is 5.78. The van der Waals surface area contributed by atoms with Gasteiger partial charge in [0.05, 0.1) is 33.2 Å². The summed E-state index contributed by atoms with van der Waals surface area (Å²) in [5.41, 5.74) is -0.362. The Morgan fingerprint density at radius 3 is 2.53 bits per heavy atom. The number of fused-ring (bicyclic) bond motifs is 1.